The van der Waals surface area contributed by atoms with Crippen LogP contribution in [-0.4, -0.2) is 23.5 Å². The molecule has 27 heavy (non-hydrogen) atoms. The molecule has 0 spiro atoms. The van der Waals surface area contributed by atoms with E-state index in [4.69, 9.17) is 0 Å². The van der Waals surface area contributed by atoms with Crippen molar-refractivity contribution in [2.45, 2.75) is 11.4 Å². The Bertz CT molecular complexity index is 1120. The average molecular weight is 376 g/mol. The smallest absolute Gasteiger partial charge is 0.265 e. The van der Waals surface area contributed by atoms with Crippen LogP contribution in [0.3, 0.4) is 0 Å². The molecule has 6 heteroatoms. The van der Waals surface area contributed by atoms with E-state index in [2.05, 4.69) is 4.98 Å². The molecule has 1 aromatic heterocycles. The largest absolute Gasteiger partial charge is 0.287 e. The van der Waals surface area contributed by atoms with Crippen LogP contribution in [0.25, 0.3) is 6.08 Å². The number of pyridine rings is 1. The lowest BCUT2D eigenvalue weighted by Crippen LogP contribution is -2.38. The van der Waals surface area contributed by atoms with Gasteiger partial charge in [-0.3, -0.25) is 14.1 Å². The van der Waals surface area contributed by atoms with Gasteiger partial charge in [-0.2, -0.15) is 0 Å². The molecule has 0 N–H and O–H groups in total. The van der Waals surface area contributed by atoms with Crippen molar-refractivity contribution in [3.05, 3.63) is 102 Å². The molecule has 0 radical (unpaired) electrons. The quantitative estimate of drug-likeness (QED) is 0.656. The predicted molar refractivity (Wildman–Crippen MR) is 102 cm³/mol. The Morgan fingerprint density at radius 3 is 2.30 bits per heavy atom. The number of benzene rings is 2. The molecular weight excluding hydrogens is 360 g/mol. The molecule has 3 aromatic rings. The summed E-state index contributed by atoms with van der Waals surface area (Å²) in [7, 11) is -3.86. The van der Waals surface area contributed by atoms with Gasteiger partial charge in [-0.25, -0.2) is 8.42 Å². The molecular formula is C21H16N2O3S. The first-order valence-electron chi connectivity index (χ1n) is 8.39. The molecule has 134 valence electrons. The normalized spacial score (nSPS) is 17.0. The molecule has 0 fully saturated rings. The van der Waals surface area contributed by atoms with Gasteiger partial charge in [0.25, 0.3) is 10.0 Å². The third kappa shape index (κ3) is 3.15. The monoisotopic (exact) mass is 376 g/mol. The SMILES string of the molecule is O=C1/C(=C\c2ccccc2)N(Cc2ccncc2)S(=O)(=O)c2ccccc21. The van der Waals surface area contributed by atoms with Gasteiger partial charge < -0.3 is 0 Å². The zero-order valence-electron chi connectivity index (χ0n) is 14.3. The number of Topliss-reactive ketones (excluding diaryl/α,β-unsaturated/α-hetero) is 1. The first-order valence-corrected chi connectivity index (χ1v) is 9.83. The summed E-state index contributed by atoms with van der Waals surface area (Å²) in [6, 6.07) is 19.0. The molecule has 0 amide bonds. The van der Waals surface area contributed by atoms with Gasteiger partial charge in [0, 0.05) is 18.0 Å². The highest BCUT2D eigenvalue weighted by Gasteiger charge is 2.39. The number of rotatable bonds is 3. The van der Waals surface area contributed by atoms with E-state index >= 15 is 0 Å². The Morgan fingerprint density at radius 1 is 0.889 bits per heavy atom. The molecule has 4 rings (SSSR count). The molecule has 0 unspecified atom stereocenters. The molecule has 0 saturated heterocycles. The maximum atomic E-state index is 13.3. The minimum atomic E-state index is -3.86. The van der Waals surface area contributed by atoms with Crippen LogP contribution in [0.5, 0.6) is 0 Å². The third-order valence-corrected chi connectivity index (χ3v) is 6.20. The van der Waals surface area contributed by atoms with Gasteiger partial charge in [0.1, 0.15) is 5.70 Å². The fraction of sp³-hybridized carbons (Fsp3) is 0.0476. The van der Waals surface area contributed by atoms with Crippen molar-refractivity contribution in [1.29, 1.82) is 0 Å². The lowest BCUT2D eigenvalue weighted by molar-refractivity contribution is 0.100. The Labute approximate surface area is 157 Å². The zero-order chi connectivity index (χ0) is 18.9. The fourth-order valence-electron chi connectivity index (χ4n) is 3.05. The standard InChI is InChI=1S/C21H16N2O3S/c24-21-18-8-4-5-9-20(18)27(25,26)23(15-17-10-12-22-13-11-17)19(21)14-16-6-2-1-3-7-16/h1-14H,15H2/b19-14+. The summed E-state index contributed by atoms with van der Waals surface area (Å²) in [6.45, 7) is 0.0591. The van der Waals surface area contributed by atoms with Crippen molar-refractivity contribution in [1.82, 2.24) is 9.29 Å². The van der Waals surface area contributed by atoms with Crippen molar-refractivity contribution in [3.8, 4) is 0 Å². The number of ketones is 1. The number of hydrogen-bond donors (Lipinski definition) is 0. The lowest BCUT2D eigenvalue weighted by Gasteiger charge is -2.31. The van der Waals surface area contributed by atoms with Crippen molar-refractivity contribution in [2.24, 2.45) is 0 Å². The van der Waals surface area contributed by atoms with E-state index in [9.17, 15) is 13.2 Å². The van der Waals surface area contributed by atoms with E-state index in [1.807, 2.05) is 30.3 Å². The highest BCUT2D eigenvalue weighted by atomic mass is 32.2. The third-order valence-electron chi connectivity index (χ3n) is 4.38. The molecule has 0 saturated carbocycles. The molecule has 2 heterocycles. The van der Waals surface area contributed by atoms with E-state index in [0.717, 1.165) is 11.1 Å². The second-order valence-corrected chi connectivity index (χ2v) is 7.96. The minimum Gasteiger partial charge on any atom is -0.287 e. The van der Waals surface area contributed by atoms with Crippen LogP contribution in [0.15, 0.2) is 89.7 Å². The van der Waals surface area contributed by atoms with Crippen LogP contribution < -0.4 is 0 Å². The highest BCUT2D eigenvalue weighted by Crippen LogP contribution is 2.34. The maximum absolute atomic E-state index is 13.3. The number of hydrogen-bond acceptors (Lipinski definition) is 4. The van der Waals surface area contributed by atoms with Gasteiger partial charge in [-0.15, -0.1) is 0 Å². The Kier molecular flexibility index (Phi) is 4.33. The maximum Gasteiger partial charge on any atom is 0.265 e. The van der Waals surface area contributed by atoms with E-state index in [1.54, 1.807) is 48.8 Å². The van der Waals surface area contributed by atoms with E-state index < -0.39 is 10.0 Å². The van der Waals surface area contributed by atoms with E-state index in [1.165, 1.54) is 10.4 Å². The number of sulfonamides is 1. The Hall–Kier alpha value is -3.25. The summed E-state index contributed by atoms with van der Waals surface area (Å²) >= 11 is 0. The summed E-state index contributed by atoms with van der Waals surface area (Å²) in [4.78, 5) is 17.1. The zero-order valence-corrected chi connectivity index (χ0v) is 15.1. The number of carbonyl (C=O) groups is 1. The number of aromatic nitrogens is 1. The molecule has 2 aromatic carbocycles. The average Bonchev–Trinajstić information content (AvgIpc) is 2.71. The van der Waals surface area contributed by atoms with Gasteiger partial charge in [-0.05, 0) is 41.5 Å². The summed E-state index contributed by atoms with van der Waals surface area (Å²) in [5.41, 5.74) is 1.84. The molecule has 1 aliphatic heterocycles. The highest BCUT2D eigenvalue weighted by molar-refractivity contribution is 7.89. The van der Waals surface area contributed by atoms with Crippen molar-refractivity contribution in [3.63, 3.8) is 0 Å². The molecule has 0 aliphatic carbocycles. The molecule has 1 aliphatic rings. The van der Waals surface area contributed by atoms with Gasteiger partial charge in [0.2, 0.25) is 5.78 Å². The first kappa shape index (κ1) is 17.2. The second kappa shape index (κ2) is 6.81. The first-order chi connectivity index (χ1) is 13.1. The topological polar surface area (TPSA) is 67.3 Å². The van der Waals surface area contributed by atoms with Gasteiger partial charge in [0.05, 0.1) is 11.4 Å². The van der Waals surface area contributed by atoms with Gasteiger partial charge >= 0.3 is 0 Å². The molecule has 0 atom stereocenters. The van der Waals surface area contributed by atoms with Crippen LogP contribution in [-0.2, 0) is 16.6 Å². The molecule has 5 nitrogen and oxygen atoms in total. The second-order valence-electron chi connectivity index (χ2n) is 6.13. The summed E-state index contributed by atoms with van der Waals surface area (Å²) < 4.78 is 27.7. The van der Waals surface area contributed by atoms with Crippen molar-refractivity contribution in [2.75, 3.05) is 0 Å². The summed E-state index contributed by atoms with van der Waals surface area (Å²) in [5.74, 6) is -0.307. The van der Waals surface area contributed by atoms with Crippen LogP contribution in [0, 0.1) is 0 Å². The van der Waals surface area contributed by atoms with Crippen molar-refractivity contribution >= 4 is 21.9 Å². The van der Waals surface area contributed by atoms with Crippen LogP contribution in [0.1, 0.15) is 21.5 Å². The van der Waals surface area contributed by atoms with Crippen LogP contribution in [0.2, 0.25) is 0 Å². The van der Waals surface area contributed by atoms with Crippen molar-refractivity contribution < 1.29 is 13.2 Å². The Morgan fingerprint density at radius 2 is 1.56 bits per heavy atom. The molecule has 0 bridgehead atoms. The number of nitrogens with zero attached hydrogens (tertiary/aromatic N) is 2. The van der Waals surface area contributed by atoms with Crippen LogP contribution in [0.4, 0.5) is 0 Å². The minimum absolute atomic E-state index is 0.0364. The van der Waals surface area contributed by atoms with E-state index in [0.29, 0.717) is 0 Å². The number of carbonyl (C=O) groups excluding carboxylic acids is 1. The summed E-state index contributed by atoms with van der Waals surface area (Å²) in [5, 5.41) is 0. The van der Waals surface area contributed by atoms with Gasteiger partial charge in [-0.1, -0.05) is 42.5 Å². The Balaban J connectivity index is 1.91. The number of fused-ring (bicyclic) bond motifs is 1. The summed E-state index contributed by atoms with van der Waals surface area (Å²) in [6.07, 6.45) is 4.82. The predicted octanol–water partition coefficient (Wildman–Crippen LogP) is 3.51. The van der Waals surface area contributed by atoms with Gasteiger partial charge in [0.15, 0.2) is 0 Å². The fourth-order valence-corrected chi connectivity index (χ4v) is 4.69. The lowest BCUT2D eigenvalue weighted by atomic mass is 10.0. The van der Waals surface area contributed by atoms with Crippen LogP contribution >= 0.6 is 0 Å². The number of allylic oxidation sites excluding steroid dienone is 1. The van der Waals surface area contributed by atoms with E-state index in [-0.39, 0.29) is 28.5 Å².